The summed E-state index contributed by atoms with van der Waals surface area (Å²) >= 11 is 0. The molecule has 3 heterocycles. The van der Waals surface area contributed by atoms with E-state index in [0.29, 0.717) is 23.8 Å². The van der Waals surface area contributed by atoms with Gasteiger partial charge in [-0.15, -0.1) is 5.10 Å². The summed E-state index contributed by atoms with van der Waals surface area (Å²) in [6.45, 7) is 6.06. The van der Waals surface area contributed by atoms with Gasteiger partial charge < -0.3 is 10.2 Å². The lowest BCUT2D eigenvalue weighted by Gasteiger charge is -2.38. The minimum absolute atomic E-state index is 0.0261. The van der Waals surface area contributed by atoms with Crippen molar-refractivity contribution in [3.8, 4) is 0 Å². The van der Waals surface area contributed by atoms with Crippen LogP contribution < -0.4 is 5.32 Å². The third kappa shape index (κ3) is 2.25. The average Bonchev–Trinajstić information content (AvgIpc) is 2.75. The van der Waals surface area contributed by atoms with Crippen LogP contribution in [-0.2, 0) is 0 Å². The lowest BCUT2D eigenvalue weighted by atomic mass is 9.97. The van der Waals surface area contributed by atoms with E-state index in [1.54, 1.807) is 6.20 Å². The number of rotatable bonds is 2. The van der Waals surface area contributed by atoms with Gasteiger partial charge in [0.2, 0.25) is 0 Å². The van der Waals surface area contributed by atoms with Gasteiger partial charge in [0.15, 0.2) is 5.69 Å². The highest BCUT2D eigenvalue weighted by Crippen LogP contribution is 2.24. The third-order valence-electron chi connectivity index (χ3n) is 4.29. The first kappa shape index (κ1) is 12.6. The Balaban J connectivity index is 1.76. The first-order chi connectivity index (χ1) is 9.16. The molecule has 1 aromatic heterocycles. The molecule has 6 heteroatoms. The summed E-state index contributed by atoms with van der Waals surface area (Å²) in [6.07, 6.45) is 5.15. The quantitative estimate of drug-likeness (QED) is 0.858. The standard InChI is InChI=1S/C13H21N5O/c1-9-4-3-5-10(2)18(9)13(19)12-8-17(16-15-12)11-6-14-7-11/h8-11,14H,3-7H2,1-2H3. The maximum atomic E-state index is 12.6. The molecule has 0 spiro atoms. The Morgan fingerprint density at radius 2 is 2.00 bits per heavy atom. The van der Waals surface area contributed by atoms with Crippen LogP contribution in [0, 0.1) is 0 Å². The van der Waals surface area contributed by atoms with Crippen molar-refractivity contribution in [1.82, 2.24) is 25.2 Å². The van der Waals surface area contributed by atoms with Gasteiger partial charge in [-0.05, 0) is 33.1 Å². The van der Waals surface area contributed by atoms with E-state index in [2.05, 4.69) is 29.5 Å². The van der Waals surface area contributed by atoms with Crippen LogP contribution >= 0.6 is 0 Å². The van der Waals surface area contributed by atoms with Crippen molar-refractivity contribution in [2.75, 3.05) is 13.1 Å². The van der Waals surface area contributed by atoms with Crippen molar-refractivity contribution in [3.05, 3.63) is 11.9 Å². The van der Waals surface area contributed by atoms with Gasteiger partial charge in [0.25, 0.3) is 5.91 Å². The first-order valence-electron chi connectivity index (χ1n) is 7.12. The molecule has 2 fully saturated rings. The molecular weight excluding hydrogens is 242 g/mol. The number of nitrogens with one attached hydrogen (secondary N) is 1. The molecule has 2 atom stereocenters. The zero-order valence-electron chi connectivity index (χ0n) is 11.5. The van der Waals surface area contributed by atoms with Gasteiger partial charge in [0.1, 0.15) is 0 Å². The summed E-state index contributed by atoms with van der Waals surface area (Å²) in [5, 5.41) is 11.3. The molecule has 2 aliphatic rings. The zero-order chi connectivity index (χ0) is 13.4. The van der Waals surface area contributed by atoms with Crippen LogP contribution in [-0.4, -0.2) is 51.0 Å². The number of hydrogen-bond donors (Lipinski definition) is 1. The number of aromatic nitrogens is 3. The minimum Gasteiger partial charge on any atom is -0.332 e. The van der Waals surface area contributed by atoms with Gasteiger partial charge in [-0.3, -0.25) is 4.79 Å². The highest BCUT2D eigenvalue weighted by atomic mass is 16.2. The molecule has 2 saturated heterocycles. The van der Waals surface area contributed by atoms with Crippen LogP contribution in [0.1, 0.15) is 49.6 Å². The predicted molar refractivity (Wildman–Crippen MR) is 70.9 cm³/mol. The van der Waals surface area contributed by atoms with Gasteiger partial charge in [-0.1, -0.05) is 5.21 Å². The molecule has 2 unspecified atom stereocenters. The number of amides is 1. The molecule has 0 aliphatic carbocycles. The van der Waals surface area contributed by atoms with Crippen LogP contribution in [0.2, 0.25) is 0 Å². The maximum absolute atomic E-state index is 12.6. The Labute approximate surface area is 113 Å². The zero-order valence-corrected chi connectivity index (χ0v) is 11.5. The smallest absolute Gasteiger partial charge is 0.276 e. The fraction of sp³-hybridized carbons (Fsp3) is 0.769. The van der Waals surface area contributed by atoms with E-state index in [9.17, 15) is 4.79 Å². The predicted octanol–water partition coefficient (Wildman–Crippen LogP) is 0.825. The topological polar surface area (TPSA) is 63.1 Å². The number of hydrogen-bond acceptors (Lipinski definition) is 4. The monoisotopic (exact) mass is 263 g/mol. The average molecular weight is 263 g/mol. The summed E-state index contributed by atoms with van der Waals surface area (Å²) in [7, 11) is 0. The number of nitrogens with zero attached hydrogens (tertiary/aromatic N) is 4. The summed E-state index contributed by atoms with van der Waals surface area (Å²) in [5.41, 5.74) is 0.479. The molecule has 0 radical (unpaired) electrons. The molecule has 1 amide bonds. The van der Waals surface area contributed by atoms with E-state index in [1.165, 1.54) is 6.42 Å². The van der Waals surface area contributed by atoms with Gasteiger partial charge in [-0.2, -0.15) is 0 Å². The largest absolute Gasteiger partial charge is 0.332 e. The number of likely N-dealkylation sites (tertiary alicyclic amines) is 1. The summed E-state index contributed by atoms with van der Waals surface area (Å²) in [5.74, 6) is 0.0261. The van der Waals surface area contributed by atoms with Crippen LogP contribution in [0.4, 0.5) is 0 Å². The fourth-order valence-corrected chi connectivity index (χ4v) is 2.97. The third-order valence-corrected chi connectivity index (χ3v) is 4.29. The van der Waals surface area contributed by atoms with Crippen molar-refractivity contribution in [3.63, 3.8) is 0 Å². The second-order valence-corrected chi connectivity index (χ2v) is 5.74. The second kappa shape index (κ2) is 4.92. The van der Waals surface area contributed by atoms with E-state index < -0.39 is 0 Å². The SMILES string of the molecule is CC1CCCC(C)N1C(=O)c1cn(C2CNC2)nn1. The van der Waals surface area contributed by atoms with Crippen LogP contribution in [0.3, 0.4) is 0 Å². The Kier molecular flexibility index (Phi) is 3.26. The van der Waals surface area contributed by atoms with Crippen LogP contribution in [0.5, 0.6) is 0 Å². The fourth-order valence-electron chi connectivity index (χ4n) is 2.97. The molecule has 0 saturated carbocycles. The van der Waals surface area contributed by atoms with Gasteiger partial charge in [-0.25, -0.2) is 4.68 Å². The molecule has 104 valence electrons. The number of carbonyl (C=O) groups excluding carboxylic acids is 1. The van der Waals surface area contributed by atoms with E-state index in [1.807, 2.05) is 9.58 Å². The number of carbonyl (C=O) groups is 1. The Morgan fingerprint density at radius 3 is 2.58 bits per heavy atom. The van der Waals surface area contributed by atoms with E-state index in [-0.39, 0.29) is 5.91 Å². The van der Waals surface area contributed by atoms with Crippen molar-refractivity contribution in [2.45, 2.75) is 51.2 Å². The minimum atomic E-state index is 0.0261. The first-order valence-corrected chi connectivity index (χ1v) is 7.12. The summed E-state index contributed by atoms with van der Waals surface area (Å²) in [6, 6.07) is 0.948. The van der Waals surface area contributed by atoms with Crippen molar-refractivity contribution in [1.29, 1.82) is 0 Å². The second-order valence-electron chi connectivity index (χ2n) is 5.74. The van der Waals surface area contributed by atoms with Crippen LogP contribution in [0.15, 0.2) is 6.20 Å². The maximum Gasteiger partial charge on any atom is 0.276 e. The molecule has 0 bridgehead atoms. The lowest BCUT2D eigenvalue weighted by molar-refractivity contribution is 0.0504. The highest BCUT2D eigenvalue weighted by Gasteiger charge is 2.31. The Bertz CT molecular complexity index is 457. The lowest BCUT2D eigenvalue weighted by Crippen LogP contribution is -2.47. The molecule has 2 aliphatic heterocycles. The normalized spacial score (nSPS) is 28.2. The molecule has 3 rings (SSSR count). The van der Waals surface area contributed by atoms with Crippen molar-refractivity contribution < 1.29 is 4.79 Å². The highest BCUT2D eigenvalue weighted by molar-refractivity contribution is 5.92. The van der Waals surface area contributed by atoms with Gasteiger partial charge in [0.05, 0.1) is 12.2 Å². The van der Waals surface area contributed by atoms with Crippen molar-refractivity contribution >= 4 is 5.91 Å². The molecule has 19 heavy (non-hydrogen) atoms. The molecular formula is C13H21N5O. The van der Waals surface area contributed by atoms with Gasteiger partial charge >= 0.3 is 0 Å². The van der Waals surface area contributed by atoms with Gasteiger partial charge in [0, 0.05) is 25.2 Å². The van der Waals surface area contributed by atoms with E-state index in [4.69, 9.17) is 0 Å². The molecule has 0 aromatic carbocycles. The van der Waals surface area contributed by atoms with E-state index >= 15 is 0 Å². The summed E-state index contributed by atoms with van der Waals surface area (Å²) < 4.78 is 1.81. The van der Waals surface area contributed by atoms with Crippen LogP contribution in [0.25, 0.3) is 0 Å². The Morgan fingerprint density at radius 1 is 1.32 bits per heavy atom. The molecule has 1 aromatic rings. The summed E-state index contributed by atoms with van der Waals surface area (Å²) in [4.78, 5) is 14.5. The Hall–Kier alpha value is -1.43. The molecule has 6 nitrogen and oxygen atoms in total. The van der Waals surface area contributed by atoms with Crippen molar-refractivity contribution in [2.24, 2.45) is 0 Å². The van der Waals surface area contributed by atoms with E-state index in [0.717, 1.165) is 25.9 Å². The molecule has 1 N–H and O–H groups in total. The number of piperidine rings is 1.